The molecule has 0 aliphatic rings. The summed E-state index contributed by atoms with van der Waals surface area (Å²) in [6.07, 6.45) is 1.65. The first-order chi connectivity index (χ1) is 8.97. The van der Waals surface area contributed by atoms with Gasteiger partial charge < -0.3 is 5.32 Å². The predicted octanol–water partition coefficient (Wildman–Crippen LogP) is 4.02. The second-order valence-corrected chi connectivity index (χ2v) is 5.50. The molecule has 2 aromatic rings. The van der Waals surface area contributed by atoms with Crippen molar-refractivity contribution in [3.63, 3.8) is 0 Å². The molecule has 0 spiro atoms. The number of benzene rings is 1. The van der Waals surface area contributed by atoms with Gasteiger partial charge >= 0.3 is 0 Å². The number of rotatable bonds is 2. The van der Waals surface area contributed by atoms with Gasteiger partial charge in [0.2, 0.25) is 0 Å². The normalized spacial score (nSPS) is 10.3. The van der Waals surface area contributed by atoms with Gasteiger partial charge in [-0.1, -0.05) is 33.6 Å². The number of aromatic nitrogens is 1. The largest absolute Gasteiger partial charge is 0.307 e. The molecule has 0 saturated carbocycles. The van der Waals surface area contributed by atoms with Crippen molar-refractivity contribution in [2.75, 3.05) is 5.32 Å². The van der Waals surface area contributed by atoms with E-state index in [1.54, 1.807) is 12.3 Å². The van der Waals surface area contributed by atoms with E-state index in [0.29, 0.717) is 11.4 Å². The van der Waals surface area contributed by atoms with Crippen LogP contribution in [0, 0.1) is 20.8 Å². The molecule has 1 aromatic heterocycles. The Hall–Kier alpha value is -1.68. The number of nitrogens with zero attached hydrogens (tertiary/aromatic N) is 1. The van der Waals surface area contributed by atoms with Crippen LogP contribution in [-0.4, -0.2) is 10.9 Å². The van der Waals surface area contributed by atoms with Crippen LogP contribution in [-0.2, 0) is 0 Å². The zero-order chi connectivity index (χ0) is 14.0. The monoisotopic (exact) mass is 318 g/mol. The lowest BCUT2D eigenvalue weighted by Gasteiger charge is -2.11. The maximum absolute atomic E-state index is 12.3. The topological polar surface area (TPSA) is 42.0 Å². The van der Waals surface area contributed by atoms with Gasteiger partial charge in [-0.3, -0.25) is 4.79 Å². The Kier molecular flexibility index (Phi) is 4.00. The van der Waals surface area contributed by atoms with E-state index >= 15 is 0 Å². The number of nitrogens with one attached hydrogen (secondary N) is 1. The zero-order valence-corrected chi connectivity index (χ0v) is 12.7. The molecule has 0 bridgehead atoms. The molecule has 1 aromatic carbocycles. The number of carbonyl (C=O) groups excluding carboxylic acids is 1. The molecule has 2 rings (SSSR count). The van der Waals surface area contributed by atoms with Gasteiger partial charge in [-0.05, 0) is 44.0 Å². The Balaban J connectivity index is 2.31. The number of amides is 1. The van der Waals surface area contributed by atoms with E-state index in [1.807, 2.05) is 39.0 Å². The molecule has 0 atom stereocenters. The average molecular weight is 319 g/mol. The van der Waals surface area contributed by atoms with Crippen molar-refractivity contribution in [1.29, 1.82) is 0 Å². The summed E-state index contributed by atoms with van der Waals surface area (Å²) in [5.74, 6) is 0.416. The third-order valence-electron chi connectivity index (χ3n) is 2.87. The molecule has 1 N–H and O–H groups in total. The maximum atomic E-state index is 12.3. The van der Waals surface area contributed by atoms with Gasteiger partial charge in [-0.25, -0.2) is 4.98 Å². The molecule has 98 valence electrons. The average Bonchev–Trinajstić information content (AvgIpc) is 2.27. The Bertz CT molecular complexity index is 615. The minimum atomic E-state index is -0.124. The van der Waals surface area contributed by atoms with E-state index in [2.05, 4.69) is 26.2 Å². The molecular weight excluding hydrogens is 304 g/mol. The van der Waals surface area contributed by atoms with Gasteiger partial charge in [0.15, 0.2) is 0 Å². The highest BCUT2D eigenvalue weighted by Crippen LogP contribution is 2.19. The van der Waals surface area contributed by atoms with Crippen LogP contribution in [0.2, 0.25) is 0 Å². The molecule has 4 heteroatoms. The van der Waals surface area contributed by atoms with Crippen LogP contribution in [0.3, 0.4) is 0 Å². The van der Waals surface area contributed by atoms with Crippen LogP contribution in [0.4, 0.5) is 5.82 Å². The van der Waals surface area contributed by atoms with Crippen molar-refractivity contribution in [1.82, 2.24) is 4.98 Å². The molecule has 0 aliphatic heterocycles. The number of aryl methyl sites for hydroxylation is 3. The van der Waals surface area contributed by atoms with Gasteiger partial charge in [-0.15, -0.1) is 0 Å². The summed E-state index contributed by atoms with van der Waals surface area (Å²) in [6, 6.07) is 7.61. The van der Waals surface area contributed by atoms with Crippen LogP contribution >= 0.6 is 15.9 Å². The second-order valence-electron chi connectivity index (χ2n) is 4.59. The van der Waals surface area contributed by atoms with E-state index in [-0.39, 0.29) is 5.91 Å². The van der Waals surface area contributed by atoms with Crippen LogP contribution in [0.25, 0.3) is 0 Å². The minimum Gasteiger partial charge on any atom is -0.307 e. The van der Waals surface area contributed by atoms with E-state index < -0.39 is 0 Å². The van der Waals surface area contributed by atoms with Crippen molar-refractivity contribution in [3.05, 3.63) is 57.2 Å². The van der Waals surface area contributed by atoms with Crippen LogP contribution in [0.1, 0.15) is 27.0 Å². The zero-order valence-electron chi connectivity index (χ0n) is 11.1. The first kappa shape index (κ1) is 13.7. The first-order valence-electron chi connectivity index (χ1n) is 5.98. The predicted molar refractivity (Wildman–Crippen MR) is 80.5 cm³/mol. The number of hydrogen-bond donors (Lipinski definition) is 1. The molecule has 1 amide bonds. The highest BCUT2D eigenvalue weighted by atomic mass is 79.9. The molecule has 0 unspecified atom stereocenters. The molecule has 1 heterocycles. The molecular formula is C15H15BrN2O. The lowest BCUT2D eigenvalue weighted by Crippen LogP contribution is -2.16. The fourth-order valence-corrected chi connectivity index (χ4v) is 2.53. The number of hydrogen-bond acceptors (Lipinski definition) is 2. The van der Waals surface area contributed by atoms with Gasteiger partial charge in [-0.2, -0.15) is 0 Å². The summed E-state index contributed by atoms with van der Waals surface area (Å²) in [7, 11) is 0. The maximum Gasteiger partial charge on any atom is 0.257 e. The summed E-state index contributed by atoms with van der Waals surface area (Å²) in [5, 5.41) is 2.82. The van der Waals surface area contributed by atoms with Crippen molar-refractivity contribution in [2.24, 2.45) is 0 Å². The third kappa shape index (κ3) is 3.20. The van der Waals surface area contributed by atoms with Crippen molar-refractivity contribution < 1.29 is 4.79 Å². The van der Waals surface area contributed by atoms with Crippen LogP contribution in [0.5, 0.6) is 0 Å². The first-order valence-corrected chi connectivity index (χ1v) is 6.77. The van der Waals surface area contributed by atoms with Gasteiger partial charge in [0.1, 0.15) is 5.82 Å². The lowest BCUT2D eigenvalue weighted by molar-refractivity contribution is 0.102. The summed E-state index contributed by atoms with van der Waals surface area (Å²) < 4.78 is 0.884. The van der Waals surface area contributed by atoms with Crippen LogP contribution < -0.4 is 5.32 Å². The minimum absolute atomic E-state index is 0.124. The highest BCUT2D eigenvalue weighted by Gasteiger charge is 2.13. The SMILES string of the molecule is Cc1cc(C)c(C(=O)Nc2cc(Br)ccn2)c(C)c1. The van der Waals surface area contributed by atoms with Crippen molar-refractivity contribution in [2.45, 2.75) is 20.8 Å². The molecule has 0 aliphatic carbocycles. The third-order valence-corrected chi connectivity index (χ3v) is 3.36. The van der Waals surface area contributed by atoms with E-state index in [4.69, 9.17) is 0 Å². The highest BCUT2D eigenvalue weighted by molar-refractivity contribution is 9.10. The van der Waals surface area contributed by atoms with Gasteiger partial charge in [0.05, 0.1) is 0 Å². The van der Waals surface area contributed by atoms with Crippen molar-refractivity contribution in [3.8, 4) is 0 Å². The number of anilines is 1. The fourth-order valence-electron chi connectivity index (χ4n) is 2.19. The van der Waals surface area contributed by atoms with E-state index in [9.17, 15) is 4.79 Å². The summed E-state index contributed by atoms with van der Waals surface area (Å²) in [5.41, 5.74) is 3.83. The Morgan fingerprint density at radius 3 is 2.37 bits per heavy atom. The molecule has 0 fully saturated rings. The summed E-state index contributed by atoms with van der Waals surface area (Å²) >= 11 is 3.36. The Labute approximate surface area is 121 Å². The molecule has 0 radical (unpaired) electrons. The molecule has 3 nitrogen and oxygen atoms in total. The van der Waals surface area contributed by atoms with Gasteiger partial charge in [0.25, 0.3) is 5.91 Å². The van der Waals surface area contributed by atoms with Crippen LogP contribution in [0.15, 0.2) is 34.9 Å². The Morgan fingerprint density at radius 1 is 1.16 bits per heavy atom. The summed E-state index contributed by atoms with van der Waals surface area (Å²) in [4.78, 5) is 16.4. The fraction of sp³-hybridized carbons (Fsp3) is 0.200. The standard InChI is InChI=1S/C15H15BrN2O/c1-9-6-10(2)14(11(3)7-9)15(19)18-13-8-12(16)4-5-17-13/h4-8H,1-3H3,(H,17,18,19). The van der Waals surface area contributed by atoms with Gasteiger partial charge in [0, 0.05) is 16.2 Å². The number of pyridine rings is 1. The smallest absolute Gasteiger partial charge is 0.257 e. The quantitative estimate of drug-likeness (QED) is 0.908. The molecule has 19 heavy (non-hydrogen) atoms. The second kappa shape index (κ2) is 5.53. The van der Waals surface area contributed by atoms with Crippen molar-refractivity contribution >= 4 is 27.7 Å². The number of halogens is 1. The number of carbonyl (C=O) groups is 1. The summed E-state index contributed by atoms with van der Waals surface area (Å²) in [6.45, 7) is 5.92. The van der Waals surface area contributed by atoms with E-state index in [1.165, 1.54) is 0 Å². The lowest BCUT2D eigenvalue weighted by atomic mass is 9.99. The molecule has 0 saturated heterocycles. The van der Waals surface area contributed by atoms with E-state index in [0.717, 1.165) is 21.2 Å². The Morgan fingerprint density at radius 2 is 1.79 bits per heavy atom.